The van der Waals surface area contributed by atoms with E-state index >= 15 is 0 Å². The molecular formula is C21H19NO2. The molecule has 0 bridgehead atoms. The summed E-state index contributed by atoms with van der Waals surface area (Å²) >= 11 is 0. The highest BCUT2D eigenvalue weighted by molar-refractivity contribution is 6.23. The zero-order chi connectivity index (χ0) is 16.8. The van der Waals surface area contributed by atoms with Gasteiger partial charge in [-0.2, -0.15) is 0 Å². The van der Waals surface area contributed by atoms with Crippen LogP contribution in [0.3, 0.4) is 0 Å². The van der Waals surface area contributed by atoms with Crippen molar-refractivity contribution < 1.29 is 9.21 Å². The second-order valence-corrected chi connectivity index (χ2v) is 5.61. The van der Waals surface area contributed by atoms with Gasteiger partial charge >= 0.3 is 0 Å². The van der Waals surface area contributed by atoms with E-state index in [1.54, 1.807) is 18.4 Å². The number of nitrogens with one attached hydrogen (secondary N) is 1. The summed E-state index contributed by atoms with van der Waals surface area (Å²) in [7, 11) is 0. The first kappa shape index (κ1) is 15.8. The number of rotatable bonds is 5. The molecule has 1 N–H and O–H groups in total. The lowest BCUT2D eigenvalue weighted by molar-refractivity contribution is -0.115. The van der Waals surface area contributed by atoms with Crippen LogP contribution in [0.4, 0.5) is 0 Å². The van der Waals surface area contributed by atoms with Gasteiger partial charge in [-0.05, 0) is 36.3 Å². The van der Waals surface area contributed by atoms with Crippen molar-refractivity contribution in [3.63, 3.8) is 0 Å². The van der Waals surface area contributed by atoms with Gasteiger partial charge in [-0.3, -0.25) is 4.79 Å². The summed E-state index contributed by atoms with van der Waals surface area (Å²) in [6, 6.07) is 21.4. The molecule has 3 aromatic rings. The Kier molecular flexibility index (Phi) is 4.92. The van der Waals surface area contributed by atoms with Gasteiger partial charge in [0.1, 0.15) is 5.76 Å². The van der Waals surface area contributed by atoms with E-state index in [-0.39, 0.29) is 5.91 Å². The minimum absolute atomic E-state index is 0.127. The second-order valence-electron chi connectivity index (χ2n) is 5.61. The molecule has 24 heavy (non-hydrogen) atoms. The highest BCUT2D eigenvalue weighted by atomic mass is 16.3. The molecule has 0 aliphatic heterocycles. The van der Waals surface area contributed by atoms with Gasteiger partial charge in [-0.1, -0.05) is 60.2 Å². The van der Waals surface area contributed by atoms with Crippen LogP contribution in [0.15, 0.2) is 77.4 Å². The molecule has 3 heteroatoms. The molecule has 1 amide bonds. The zero-order valence-electron chi connectivity index (χ0n) is 13.5. The first-order valence-electron chi connectivity index (χ1n) is 7.87. The number of furan rings is 1. The average molecular weight is 317 g/mol. The van der Waals surface area contributed by atoms with E-state index in [1.807, 2.05) is 67.6 Å². The minimum Gasteiger partial charge on any atom is -0.465 e. The highest BCUT2D eigenvalue weighted by Crippen LogP contribution is 2.19. The zero-order valence-corrected chi connectivity index (χ0v) is 13.5. The lowest BCUT2D eigenvalue weighted by Gasteiger charge is -2.09. The van der Waals surface area contributed by atoms with Gasteiger partial charge in [-0.25, -0.2) is 0 Å². The number of hydrogen-bond donors (Lipinski definition) is 1. The lowest BCUT2D eigenvalue weighted by Crippen LogP contribution is -2.23. The van der Waals surface area contributed by atoms with Gasteiger partial charge in [0.25, 0.3) is 5.91 Å². The van der Waals surface area contributed by atoms with Crippen LogP contribution in [0.25, 0.3) is 11.6 Å². The normalized spacial score (nSPS) is 11.3. The van der Waals surface area contributed by atoms with Gasteiger partial charge in [0, 0.05) is 6.54 Å². The summed E-state index contributed by atoms with van der Waals surface area (Å²) in [5.74, 6) is 0.525. The fourth-order valence-electron chi connectivity index (χ4n) is 2.40. The third kappa shape index (κ3) is 4.02. The summed E-state index contributed by atoms with van der Waals surface area (Å²) < 4.78 is 5.36. The number of hydrogen-bond acceptors (Lipinski definition) is 2. The fraction of sp³-hybridized carbons (Fsp3) is 0.0952. The van der Waals surface area contributed by atoms with Crippen molar-refractivity contribution in [1.82, 2.24) is 5.32 Å². The van der Waals surface area contributed by atoms with Crippen LogP contribution in [0.1, 0.15) is 22.5 Å². The molecule has 2 aromatic carbocycles. The average Bonchev–Trinajstić information content (AvgIpc) is 3.13. The molecule has 0 aliphatic carbocycles. The summed E-state index contributed by atoms with van der Waals surface area (Å²) in [6.07, 6.45) is 3.36. The van der Waals surface area contributed by atoms with Crippen molar-refractivity contribution in [1.29, 1.82) is 0 Å². The van der Waals surface area contributed by atoms with Crippen LogP contribution in [-0.4, -0.2) is 5.91 Å². The lowest BCUT2D eigenvalue weighted by atomic mass is 10.0. The first-order valence-corrected chi connectivity index (χ1v) is 7.87. The van der Waals surface area contributed by atoms with E-state index in [0.29, 0.717) is 17.9 Å². The van der Waals surface area contributed by atoms with Crippen molar-refractivity contribution >= 4 is 17.6 Å². The Morgan fingerprint density at radius 3 is 2.42 bits per heavy atom. The Morgan fingerprint density at radius 1 is 1.00 bits per heavy atom. The first-order chi connectivity index (χ1) is 11.7. The molecule has 0 saturated carbocycles. The summed E-state index contributed by atoms with van der Waals surface area (Å²) in [6.45, 7) is 2.53. The number of benzene rings is 2. The van der Waals surface area contributed by atoms with Gasteiger partial charge in [0.2, 0.25) is 0 Å². The summed E-state index contributed by atoms with van der Waals surface area (Å²) in [4.78, 5) is 12.7. The Hall–Kier alpha value is -3.07. The van der Waals surface area contributed by atoms with Gasteiger partial charge < -0.3 is 9.73 Å². The van der Waals surface area contributed by atoms with E-state index in [0.717, 1.165) is 11.1 Å². The Balaban J connectivity index is 1.80. The molecule has 0 radical (unpaired) electrons. The van der Waals surface area contributed by atoms with E-state index in [9.17, 15) is 4.79 Å². The fourth-order valence-corrected chi connectivity index (χ4v) is 2.40. The quantitative estimate of drug-likeness (QED) is 0.707. The summed E-state index contributed by atoms with van der Waals surface area (Å²) in [5, 5.41) is 2.98. The highest BCUT2D eigenvalue weighted by Gasteiger charge is 2.12. The molecule has 1 aromatic heterocycles. The summed E-state index contributed by atoms with van der Waals surface area (Å²) in [5.41, 5.74) is 3.71. The maximum absolute atomic E-state index is 12.7. The topological polar surface area (TPSA) is 42.2 Å². The van der Waals surface area contributed by atoms with Gasteiger partial charge in [0.05, 0.1) is 11.8 Å². The van der Waals surface area contributed by atoms with Crippen LogP contribution < -0.4 is 5.32 Å². The van der Waals surface area contributed by atoms with Crippen LogP contribution in [0.5, 0.6) is 0 Å². The van der Waals surface area contributed by atoms with E-state index in [1.165, 1.54) is 5.56 Å². The molecule has 120 valence electrons. The predicted molar refractivity (Wildman–Crippen MR) is 96.0 cm³/mol. The van der Waals surface area contributed by atoms with Crippen LogP contribution in [0, 0.1) is 6.92 Å². The molecule has 1 heterocycles. The third-order valence-corrected chi connectivity index (χ3v) is 3.73. The van der Waals surface area contributed by atoms with Crippen LogP contribution >= 0.6 is 0 Å². The SMILES string of the molecule is Cc1ccc(CNC(=O)/C(=C/c2ccco2)c2ccccc2)cc1. The molecule has 0 unspecified atom stereocenters. The molecule has 3 rings (SSSR count). The number of carbonyl (C=O) groups is 1. The Morgan fingerprint density at radius 2 is 1.75 bits per heavy atom. The third-order valence-electron chi connectivity index (χ3n) is 3.73. The molecule has 0 aliphatic rings. The largest absolute Gasteiger partial charge is 0.465 e. The predicted octanol–water partition coefficient (Wildman–Crippen LogP) is 4.45. The monoisotopic (exact) mass is 317 g/mol. The molecule has 0 saturated heterocycles. The van der Waals surface area contributed by atoms with Gasteiger partial charge in [-0.15, -0.1) is 0 Å². The molecular weight excluding hydrogens is 298 g/mol. The van der Waals surface area contributed by atoms with Crippen molar-refractivity contribution in [3.8, 4) is 0 Å². The van der Waals surface area contributed by atoms with Crippen molar-refractivity contribution in [2.24, 2.45) is 0 Å². The number of amides is 1. The van der Waals surface area contributed by atoms with Gasteiger partial charge in [0.15, 0.2) is 0 Å². The van der Waals surface area contributed by atoms with Crippen molar-refractivity contribution in [2.75, 3.05) is 0 Å². The van der Waals surface area contributed by atoms with Crippen molar-refractivity contribution in [2.45, 2.75) is 13.5 Å². The molecule has 3 nitrogen and oxygen atoms in total. The second kappa shape index (κ2) is 7.47. The Labute approximate surface area is 141 Å². The molecule has 0 fully saturated rings. The van der Waals surface area contributed by atoms with E-state index in [4.69, 9.17) is 4.42 Å². The molecule has 0 spiro atoms. The number of aryl methyl sites for hydroxylation is 1. The van der Waals surface area contributed by atoms with E-state index < -0.39 is 0 Å². The van der Waals surface area contributed by atoms with Crippen LogP contribution in [-0.2, 0) is 11.3 Å². The maximum Gasteiger partial charge on any atom is 0.252 e. The standard InChI is InChI=1S/C21H19NO2/c1-16-9-11-17(12-10-16)15-22-21(23)20(14-19-8-5-13-24-19)18-6-3-2-4-7-18/h2-14H,15H2,1H3,(H,22,23)/b20-14+. The van der Waals surface area contributed by atoms with E-state index in [2.05, 4.69) is 5.32 Å². The Bertz CT molecular complexity index is 816. The van der Waals surface area contributed by atoms with Crippen molar-refractivity contribution in [3.05, 3.63) is 95.4 Å². The number of carbonyl (C=O) groups excluding carboxylic acids is 1. The van der Waals surface area contributed by atoms with Crippen LogP contribution in [0.2, 0.25) is 0 Å². The minimum atomic E-state index is -0.127. The maximum atomic E-state index is 12.7. The smallest absolute Gasteiger partial charge is 0.252 e. The molecule has 0 atom stereocenters.